The Morgan fingerprint density at radius 1 is 1.03 bits per heavy atom. The number of carbonyl (C=O) groups excluding carboxylic acids is 1. The van der Waals surface area contributed by atoms with Crippen LogP contribution in [0.1, 0.15) is 6.92 Å². The molecular weight excluding hydrogens is 412 g/mol. The number of benzene rings is 1. The summed E-state index contributed by atoms with van der Waals surface area (Å²) >= 11 is 0. The zero-order valence-corrected chi connectivity index (χ0v) is 19.5. The Bertz CT molecular complexity index is 1230. The molecule has 0 unspecified atom stereocenters. The number of fused-ring (bicyclic) bond motifs is 1. The Labute approximate surface area is 194 Å². The summed E-state index contributed by atoms with van der Waals surface area (Å²) in [6.07, 6.45) is 11.1. The van der Waals surface area contributed by atoms with Crippen LogP contribution in [0.4, 0.5) is 5.82 Å². The molecule has 1 aliphatic rings. The summed E-state index contributed by atoms with van der Waals surface area (Å²) in [5.41, 5.74) is 3.60. The Hall–Kier alpha value is -3.71. The van der Waals surface area contributed by atoms with E-state index < -0.39 is 0 Å². The second kappa shape index (κ2) is 9.83. The van der Waals surface area contributed by atoms with Gasteiger partial charge >= 0.3 is 0 Å². The van der Waals surface area contributed by atoms with E-state index in [-0.39, 0.29) is 5.91 Å². The van der Waals surface area contributed by atoms with Gasteiger partial charge in [0.1, 0.15) is 5.82 Å². The molecule has 1 aliphatic heterocycles. The first-order valence-electron chi connectivity index (χ1n) is 11.1. The van der Waals surface area contributed by atoms with Crippen molar-refractivity contribution in [2.75, 3.05) is 38.5 Å². The number of hydrogen-bond donors (Lipinski definition) is 1. The topological polar surface area (TPSA) is 66.3 Å². The third kappa shape index (κ3) is 5.38. The lowest BCUT2D eigenvalue weighted by Crippen LogP contribution is -2.43. The standard InChI is InChI=1S/C26H30N6O/c1-5-20(7-6-19(2)32-12-10-30(3)11-13-32)26(33)29-25-15-23-14-21(8-9-22(23)16-27-25)24-17-28-31(4)18-24/h5-9,14-18H,2,10-13H2,1,3-4H3,(H,27,29,33)/b7-6-,20-5+. The Kier molecular flexibility index (Phi) is 6.70. The summed E-state index contributed by atoms with van der Waals surface area (Å²) in [7, 11) is 4.02. The number of nitrogens with zero attached hydrogens (tertiary/aromatic N) is 5. The number of aromatic nitrogens is 3. The van der Waals surface area contributed by atoms with Crippen molar-refractivity contribution in [2.24, 2.45) is 7.05 Å². The van der Waals surface area contributed by atoms with Crippen LogP contribution in [0, 0.1) is 0 Å². The molecule has 1 aromatic carbocycles. The summed E-state index contributed by atoms with van der Waals surface area (Å²) in [6.45, 7) is 9.93. The second-order valence-electron chi connectivity index (χ2n) is 8.35. The van der Waals surface area contributed by atoms with Gasteiger partial charge in [0.2, 0.25) is 0 Å². The third-order valence-electron chi connectivity index (χ3n) is 5.94. The Balaban J connectivity index is 1.45. The number of nitrogens with one attached hydrogen (secondary N) is 1. The number of hydrogen-bond acceptors (Lipinski definition) is 5. The van der Waals surface area contributed by atoms with E-state index in [0.717, 1.165) is 53.8 Å². The molecule has 3 aromatic rings. The number of carbonyl (C=O) groups is 1. The van der Waals surface area contributed by atoms with E-state index in [0.29, 0.717) is 11.4 Å². The van der Waals surface area contributed by atoms with E-state index in [1.54, 1.807) is 17.0 Å². The first kappa shape index (κ1) is 22.5. The minimum atomic E-state index is -0.199. The fraction of sp³-hybridized carbons (Fsp3) is 0.269. The summed E-state index contributed by atoms with van der Waals surface area (Å²) in [5.74, 6) is 0.316. The first-order valence-corrected chi connectivity index (χ1v) is 11.1. The van der Waals surface area contributed by atoms with Crippen LogP contribution in [0.3, 0.4) is 0 Å². The lowest BCUT2D eigenvalue weighted by Gasteiger charge is -2.34. The predicted molar refractivity (Wildman–Crippen MR) is 134 cm³/mol. The number of aryl methyl sites for hydroxylation is 1. The number of anilines is 1. The van der Waals surface area contributed by atoms with Gasteiger partial charge in [0.15, 0.2) is 0 Å². The van der Waals surface area contributed by atoms with Crippen molar-refractivity contribution in [3.05, 3.63) is 78.9 Å². The van der Waals surface area contributed by atoms with Gasteiger partial charge in [-0.25, -0.2) is 4.98 Å². The van der Waals surface area contributed by atoms with Gasteiger partial charge in [-0.05, 0) is 49.2 Å². The van der Waals surface area contributed by atoms with Crippen LogP contribution in [-0.2, 0) is 11.8 Å². The number of rotatable bonds is 6. The average Bonchev–Trinajstić information content (AvgIpc) is 3.25. The van der Waals surface area contributed by atoms with E-state index in [1.807, 2.05) is 50.6 Å². The minimum absolute atomic E-state index is 0.199. The molecule has 0 radical (unpaired) electrons. The third-order valence-corrected chi connectivity index (χ3v) is 5.94. The molecule has 0 saturated carbocycles. The zero-order chi connectivity index (χ0) is 23.4. The van der Waals surface area contributed by atoms with Gasteiger partial charge < -0.3 is 15.1 Å². The molecule has 7 heteroatoms. The minimum Gasteiger partial charge on any atom is -0.369 e. The maximum atomic E-state index is 12.9. The number of likely N-dealkylation sites (N-methyl/N-ethyl adjacent to an activating group) is 1. The van der Waals surface area contributed by atoms with Gasteiger partial charge in [-0.15, -0.1) is 0 Å². The van der Waals surface area contributed by atoms with Gasteiger partial charge in [0.05, 0.1) is 6.20 Å². The maximum Gasteiger partial charge on any atom is 0.256 e. The predicted octanol–water partition coefficient (Wildman–Crippen LogP) is 3.84. The second-order valence-corrected chi connectivity index (χ2v) is 8.35. The Morgan fingerprint density at radius 3 is 2.52 bits per heavy atom. The molecular formula is C26H30N6O. The van der Waals surface area contributed by atoms with Gasteiger partial charge in [0, 0.05) is 67.8 Å². The molecule has 3 heterocycles. The lowest BCUT2D eigenvalue weighted by atomic mass is 10.1. The number of allylic oxidation sites excluding steroid dienone is 2. The number of piperazine rings is 1. The van der Waals surface area contributed by atoms with Gasteiger partial charge in [0.25, 0.3) is 5.91 Å². The molecule has 7 nitrogen and oxygen atoms in total. The average molecular weight is 443 g/mol. The molecule has 4 rings (SSSR count). The molecule has 0 bridgehead atoms. The highest BCUT2D eigenvalue weighted by Gasteiger charge is 2.14. The van der Waals surface area contributed by atoms with Gasteiger partial charge in [-0.3, -0.25) is 9.48 Å². The zero-order valence-electron chi connectivity index (χ0n) is 19.5. The number of amides is 1. The monoisotopic (exact) mass is 442 g/mol. The van der Waals surface area contributed by atoms with E-state index in [2.05, 4.69) is 51.0 Å². The van der Waals surface area contributed by atoms with Crippen molar-refractivity contribution in [2.45, 2.75) is 6.92 Å². The van der Waals surface area contributed by atoms with Crippen molar-refractivity contribution >= 4 is 22.5 Å². The van der Waals surface area contributed by atoms with Crippen LogP contribution in [0.15, 0.2) is 78.9 Å². The SMILES string of the molecule is C=C(/C=C\C(=C/C)C(=O)Nc1cc2cc(-c3cnn(C)c3)ccc2cn1)N1CCN(C)CC1. The van der Waals surface area contributed by atoms with Crippen molar-refractivity contribution in [3.63, 3.8) is 0 Å². The quantitative estimate of drug-likeness (QED) is 0.464. The fourth-order valence-corrected chi connectivity index (χ4v) is 3.84. The van der Waals surface area contributed by atoms with Crippen LogP contribution in [0.5, 0.6) is 0 Å². The van der Waals surface area contributed by atoms with E-state index in [1.165, 1.54) is 0 Å². The van der Waals surface area contributed by atoms with E-state index in [4.69, 9.17) is 0 Å². The molecule has 170 valence electrons. The van der Waals surface area contributed by atoms with Crippen LogP contribution < -0.4 is 5.32 Å². The molecule has 33 heavy (non-hydrogen) atoms. The molecule has 2 aromatic heterocycles. The van der Waals surface area contributed by atoms with Crippen molar-refractivity contribution in [1.29, 1.82) is 0 Å². The largest absolute Gasteiger partial charge is 0.369 e. The lowest BCUT2D eigenvalue weighted by molar-refractivity contribution is -0.112. The van der Waals surface area contributed by atoms with Crippen molar-refractivity contribution in [1.82, 2.24) is 24.6 Å². The van der Waals surface area contributed by atoms with Crippen LogP contribution >= 0.6 is 0 Å². The molecule has 0 atom stereocenters. The molecule has 0 spiro atoms. The summed E-state index contributed by atoms with van der Waals surface area (Å²) in [6, 6.07) is 8.06. The van der Waals surface area contributed by atoms with Crippen LogP contribution in [0.25, 0.3) is 21.9 Å². The summed E-state index contributed by atoms with van der Waals surface area (Å²) in [5, 5.41) is 9.18. The summed E-state index contributed by atoms with van der Waals surface area (Å²) < 4.78 is 1.78. The highest BCUT2D eigenvalue weighted by molar-refractivity contribution is 6.06. The highest BCUT2D eigenvalue weighted by atomic mass is 16.1. The van der Waals surface area contributed by atoms with Crippen molar-refractivity contribution < 1.29 is 4.79 Å². The molecule has 1 amide bonds. The number of pyridine rings is 1. The fourth-order valence-electron chi connectivity index (χ4n) is 3.84. The van der Waals surface area contributed by atoms with Gasteiger partial charge in [-0.1, -0.05) is 24.8 Å². The van der Waals surface area contributed by atoms with Crippen molar-refractivity contribution in [3.8, 4) is 11.1 Å². The summed E-state index contributed by atoms with van der Waals surface area (Å²) in [4.78, 5) is 21.8. The molecule has 1 N–H and O–H groups in total. The smallest absolute Gasteiger partial charge is 0.256 e. The molecule has 1 saturated heterocycles. The normalized spacial score (nSPS) is 15.4. The maximum absolute atomic E-state index is 12.9. The Morgan fingerprint density at radius 2 is 1.82 bits per heavy atom. The van der Waals surface area contributed by atoms with E-state index in [9.17, 15) is 4.79 Å². The van der Waals surface area contributed by atoms with Crippen LogP contribution in [-0.4, -0.2) is 63.7 Å². The van der Waals surface area contributed by atoms with E-state index >= 15 is 0 Å². The van der Waals surface area contributed by atoms with Crippen LogP contribution in [0.2, 0.25) is 0 Å². The highest BCUT2D eigenvalue weighted by Crippen LogP contribution is 2.25. The first-order chi connectivity index (χ1) is 15.9. The molecule has 1 fully saturated rings. The van der Waals surface area contributed by atoms with Gasteiger partial charge in [-0.2, -0.15) is 5.10 Å². The molecule has 0 aliphatic carbocycles.